The van der Waals surface area contributed by atoms with Crippen LogP contribution in [0.3, 0.4) is 0 Å². The van der Waals surface area contributed by atoms with E-state index < -0.39 is 0 Å². The summed E-state index contributed by atoms with van der Waals surface area (Å²) in [6.45, 7) is 4.84. The molecule has 0 bridgehead atoms. The molecule has 2 heterocycles. The lowest BCUT2D eigenvalue weighted by Gasteiger charge is -2.25. The summed E-state index contributed by atoms with van der Waals surface area (Å²) in [6.07, 6.45) is 6.15. The molecular weight excluding hydrogens is 280 g/mol. The predicted molar refractivity (Wildman–Crippen MR) is 82.6 cm³/mol. The van der Waals surface area contributed by atoms with E-state index >= 15 is 0 Å². The molecule has 1 saturated heterocycles. The van der Waals surface area contributed by atoms with Crippen molar-refractivity contribution >= 4 is 11.8 Å². The van der Waals surface area contributed by atoms with Crippen LogP contribution in [0.1, 0.15) is 61.3 Å². The molecule has 2 N–H and O–H groups in total. The number of carbonyl (C=O) groups excluding carboxylic acids is 2. The van der Waals surface area contributed by atoms with Gasteiger partial charge in [-0.05, 0) is 39.0 Å². The first-order chi connectivity index (χ1) is 10.5. The van der Waals surface area contributed by atoms with Crippen molar-refractivity contribution in [2.75, 3.05) is 13.1 Å². The van der Waals surface area contributed by atoms with E-state index in [-0.39, 0.29) is 17.4 Å². The highest BCUT2D eigenvalue weighted by Gasteiger charge is 2.37. The number of rotatable bonds is 2. The number of amides is 2. The quantitative estimate of drug-likeness (QED) is 0.811. The highest BCUT2D eigenvalue weighted by atomic mass is 16.2. The lowest BCUT2D eigenvalue weighted by atomic mass is 10.0. The second-order valence-corrected chi connectivity index (χ2v) is 6.80. The zero-order chi connectivity index (χ0) is 15.7. The van der Waals surface area contributed by atoms with Crippen molar-refractivity contribution in [1.29, 1.82) is 0 Å². The van der Waals surface area contributed by atoms with Gasteiger partial charge in [-0.1, -0.05) is 6.42 Å². The molecule has 3 rings (SSSR count). The normalized spacial score (nSPS) is 24.7. The molecule has 2 amide bonds. The van der Waals surface area contributed by atoms with Crippen LogP contribution in [-0.4, -0.2) is 45.5 Å². The van der Waals surface area contributed by atoms with Crippen LogP contribution in [0, 0.1) is 0 Å². The van der Waals surface area contributed by atoms with Gasteiger partial charge in [0.25, 0.3) is 5.91 Å². The second kappa shape index (κ2) is 5.74. The maximum absolute atomic E-state index is 12.6. The average Bonchev–Trinajstić information content (AvgIpc) is 2.96. The highest BCUT2D eigenvalue weighted by Crippen LogP contribution is 2.24. The number of fused-ring (bicyclic) bond motifs is 1. The summed E-state index contributed by atoms with van der Waals surface area (Å²) in [6, 6.07) is 0. The van der Waals surface area contributed by atoms with Crippen molar-refractivity contribution in [3.05, 3.63) is 17.0 Å². The van der Waals surface area contributed by atoms with Gasteiger partial charge >= 0.3 is 0 Å². The fraction of sp³-hybridized carbons (Fsp3) is 0.688. The Balaban J connectivity index is 1.73. The molecule has 0 aromatic carbocycles. The Morgan fingerprint density at radius 2 is 2.05 bits per heavy atom. The second-order valence-electron chi connectivity index (χ2n) is 6.80. The molecule has 22 heavy (non-hydrogen) atoms. The van der Waals surface area contributed by atoms with Crippen LogP contribution < -0.4 is 5.32 Å². The Kier molecular flexibility index (Phi) is 3.93. The summed E-state index contributed by atoms with van der Waals surface area (Å²) >= 11 is 0. The SMILES string of the molecule is CC(=O)N1CCC(C)(NC(=O)c2n[nH]c3c2CCCCC3)C1. The molecule has 1 fully saturated rings. The molecule has 2 aliphatic rings. The molecule has 1 aliphatic heterocycles. The van der Waals surface area contributed by atoms with Crippen LogP contribution in [0.25, 0.3) is 0 Å². The van der Waals surface area contributed by atoms with Gasteiger partial charge in [0, 0.05) is 31.3 Å². The van der Waals surface area contributed by atoms with E-state index in [1.165, 1.54) is 6.42 Å². The van der Waals surface area contributed by atoms with Gasteiger partial charge in [0.1, 0.15) is 0 Å². The summed E-state index contributed by atoms with van der Waals surface area (Å²) < 4.78 is 0. The Morgan fingerprint density at radius 1 is 1.27 bits per heavy atom. The number of aryl methyl sites for hydroxylation is 1. The first-order valence-corrected chi connectivity index (χ1v) is 8.13. The predicted octanol–water partition coefficient (Wildman–Crippen LogP) is 1.42. The Morgan fingerprint density at radius 3 is 2.77 bits per heavy atom. The minimum atomic E-state index is -0.362. The third-order valence-electron chi connectivity index (χ3n) is 4.86. The first-order valence-electron chi connectivity index (χ1n) is 8.13. The smallest absolute Gasteiger partial charge is 0.272 e. The van der Waals surface area contributed by atoms with Gasteiger partial charge in [-0.25, -0.2) is 0 Å². The van der Waals surface area contributed by atoms with Gasteiger partial charge in [-0.15, -0.1) is 0 Å². The van der Waals surface area contributed by atoms with Crippen molar-refractivity contribution < 1.29 is 9.59 Å². The van der Waals surface area contributed by atoms with E-state index in [0.29, 0.717) is 18.8 Å². The van der Waals surface area contributed by atoms with Crippen LogP contribution in [0.5, 0.6) is 0 Å². The van der Waals surface area contributed by atoms with Gasteiger partial charge in [-0.2, -0.15) is 5.10 Å². The van der Waals surface area contributed by atoms with E-state index in [1.54, 1.807) is 11.8 Å². The zero-order valence-corrected chi connectivity index (χ0v) is 13.4. The maximum Gasteiger partial charge on any atom is 0.272 e. The first kappa shape index (κ1) is 15.1. The number of hydrogen-bond acceptors (Lipinski definition) is 3. The zero-order valence-electron chi connectivity index (χ0n) is 13.4. The van der Waals surface area contributed by atoms with Gasteiger partial charge in [0.15, 0.2) is 5.69 Å². The lowest BCUT2D eigenvalue weighted by molar-refractivity contribution is -0.128. The van der Waals surface area contributed by atoms with Crippen LogP contribution >= 0.6 is 0 Å². The molecule has 120 valence electrons. The van der Waals surface area contributed by atoms with Gasteiger partial charge in [0.05, 0.1) is 5.54 Å². The number of carbonyl (C=O) groups is 2. The standard InChI is InChI=1S/C16H24N4O2/c1-11(21)20-9-8-16(2,10-20)17-15(22)14-12-6-4-3-5-7-13(12)18-19-14/h3-10H2,1-2H3,(H,17,22)(H,18,19). The monoisotopic (exact) mass is 304 g/mol. The molecule has 6 heteroatoms. The number of hydrogen-bond donors (Lipinski definition) is 2. The molecule has 0 radical (unpaired) electrons. The molecular formula is C16H24N4O2. The van der Waals surface area contributed by atoms with E-state index in [4.69, 9.17) is 0 Å². The van der Waals surface area contributed by atoms with E-state index in [0.717, 1.165) is 43.4 Å². The Bertz CT molecular complexity index is 595. The topological polar surface area (TPSA) is 78.1 Å². The molecule has 1 atom stereocenters. The molecule has 1 aliphatic carbocycles. The molecule has 0 spiro atoms. The lowest BCUT2D eigenvalue weighted by Crippen LogP contribution is -2.48. The fourth-order valence-corrected chi connectivity index (χ4v) is 3.51. The number of likely N-dealkylation sites (tertiary alicyclic amines) is 1. The van der Waals surface area contributed by atoms with Crippen LogP contribution in [-0.2, 0) is 17.6 Å². The van der Waals surface area contributed by atoms with E-state index in [2.05, 4.69) is 15.5 Å². The minimum Gasteiger partial charge on any atom is -0.344 e. The van der Waals surface area contributed by atoms with E-state index in [1.807, 2.05) is 6.92 Å². The van der Waals surface area contributed by atoms with E-state index in [9.17, 15) is 9.59 Å². The van der Waals surface area contributed by atoms with Crippen molar-refractivity contribution in [3.8, 4) is 0 Å². The maximum atomic E-state index is 12.6. The Labute approximate surface area is 130 Å². The van der Waals surface area contributed by atoms with Gasteiger partial charge < -0.3 is 10.2 Å². The Hall–Kier alpha value is -1.85. The van der Waals surface area contributed by atoms with Crippen LogP contribution in [0.4, 0.5) is 0 Å². The summed E-state index contributed by atoms with van der Waals surface area (Å²) in [7, 11) is 0. The van der Waals surface area contributed by atoms with Gasteiger partial charge in [0.2, 0.25) is 5.91 Å². The van der Waals surface area contributed by atoms with Crippen LogP contribution in [0.15, 0.2) is 0 Å². The summed E-state index contributed by atoms with van der Waals surface area (Å²) in [5.41, 5.74) is 2.38. The fourth-order valence-electron chi connectivity index (χ4n) is 3.51. The third-order valence-corrected chi connectivity index (χ3v) is 4.86. The minimum absolute atomic E-state index is 0.0617. The molecule has 1 aromatic rings. The highest BCUT2D eigenvalue weighted by molar-refractivity contribution is 5.94. The molecule has 1 unspecified atom stereocenters. The van der Waals surface area contributed by atoms with Crippen molar-refractivity contribution in [2.24, 2.45) is 0 Å². The van der Waals surface area contributed by atoms with Crippen molar-refractivity contribution in [2.45, 2.75) is 57.9 Å². The van der Waals surface area contributed by atoms with Crippen molar-refractivity contribution in [1.82, 2.24) is 20.4 Å². The number of nitrogens with zero attached hydrogens (tertiary/aromatic N) is 2. The number of nitrogens with one attached hydrogen (secondary N) is 2. The number of H-pyrrole nitrogens is 1. The summed E-state index contributed by atoms with van der Waals surface area (Å²) in [5.74, 6) is -0.0566. The van der Waals surface area contributed by atoms with Gasteiger partial charge in [-0.3, -0.25) is 14.7 Å². The molecule has 1 aromatic heterocycles. The number of aromatic nitrogens is 2. The largest absolute Gasteiger partial charge is 0.344 e. The third kappa shape index (κ3) is 2.87. The van der Waals surface area contributed by atoms with Crippen molar-refractivity contribution in [3.63, 3.8) is 0 Å². The average molecular weight is 304 g/mol. The van der Waals surface area contributed by atoms with Crippen LogP contribution in [0.2, 0.25) is 0 Å². The molecule has 6 nitrogen and oxygen atoms in total. The number of aromatic amines is 1. The molecule has 0 saturated carbocycles. The summed E-state index contributed by atoms with van der Waals surface area (Å²) in [5, 5.41) is 10.4. The summed E-state index contributed by atoms with van der Waals surface area (Å²) in [4.78, 5) is 25.9.